The van der Waals surface area contributed by atoms with Gasteiger partial charge in [0.25, 0.3) is 0 Å². The Morgan fingerprint density at radius 3 is 2.67 bits per heavy atom. The Bertz CT molecular complexity index is 873. The zero-order chi connectivity index (χ0) is 17.3. The van der Waals surface area contributed by atoms with Gasteiger partial charge >= 0.3 is 5.76 Å². The molecule has 1 fully saturated rings. The van der Waals surface area contributed by atoms with Crippen molar-refractivity contribution in [2.75, 3.05) is 18.1 Å². The van der Waals surface area contributed by atoms with Gasteiger partial charge in [-0.3, -0.25) is 4.90 Å². The molecule has 1 aliphatic heterocycles. The van der Waals surface area contributed by atoms with Crippen molar-refractivity contribution in [2.24, 2.45) is 0 Å². The Labute approximate surface area is 138 Å². The molecule has 0 aliphatic carbocycles. The SMILES string of the molecule is CCN(Cn1nc(-c2ccc(F)cc2)oc1=O)[C@H]1CCS(=O)(=O)C1. The van der Waals surface area contributed by atoms with Crippen LogP contribution in [0.2, 0.25) is 0 Å². The molecule has 2 aromatic rings. The van der Waals surface area contributed by atoms with Crippen molar-refractivity contribution in [3.8, 4) is 11.5 Å². The summed E-state index contributed by atoms with van der Waals surface area (Å²) in [6.45, 7) is 2.64. The average Bonchev–Trinajstić information content (AvgIpc) is 3.08. The molecule has 130 valence electrons. The monoisotopic (exact) mass is 355 g/mol. The molecule has 1 saturated heterocycles. The molecule has 0 N–H and O–H groups in total. The fourth-order valence-corrected chi connectivity index (χ4v) is 4.58. The minimum absolute atomic E-state index is 0.0955. The molecule has 1 aromatic carbocycles. The molecule has 1 atom stereocenters. The van der Waals surface area contributed by atoms with Crippen molar-refractivity contribution < 1.29 is 17.2 Å². The van der Waals surface area contributed by atoms with Gasteiger partial charge in [0.05, 0.1) is 11.5 Å². The number of nitrogens with zero attached hydrogens (tertiary/aromatic N) is 3. The Balaban J connectivity index is 1.80. The molecule has 0 spiro atoms. The lowest BCUT2D eigenvalue weighted by atomic mass is 10.2. The lowest BCUT2D eigenvalue weighted by Crippen LogP contribution is -2.39. The van der Waals surface area contributed by atoms with Crippen LogP contribution in [0.3, 0.4) is 0 Å². The Kier molecular flexibility index (Phi) is 4.55. The molecule has 2 heterocycles. The van der Waals surface area contributed by atoms with E-state index in [1.807, 2.05) is 11.8 Å². The standard InChI is InChI=1S/C15H18FN3O4S/c1-2-18(13-7-8-24(21,22)9-13)10-19-15(20)23-14(17-19)11-3-5-12(16)6-4-11/h3-6,13H,2,7-10H2,1H3/t13-/m0/s1. The molecule has 1 aromatic heterocycles. The van der Waals surface area contributed by atoms with E-state index >= 15 is 0 Å². The average molecular weight is 355 g/mol. The number of hydrogen-bond acceptors (Lipinski definition) is 6. The number of aromatic nitrogens is 2. The van der Waals surface area contributed by atoms with E-state index in [0.717, 1.165) is 4.68 Å². The summed E-state index contributed by atoms with van der Waals surface area (Å²) in [5, 5.41) is 4.13. The molecule has 0 radical (unpaired) electrons. The van der Waals surface area contributed by atoms with Crippen LogP contribution in [0, 0.1) is 5.82 Å². The van der Waals surface area contributed by atoms with Gasteiger partial charge in [-0.2, -0.15) is 4.68 Å². The van der Waals surface area contributed by atoms with Crippen LogP contribution in [0.25, 0.3) is 11.5 Å². The summed E-state index contributed by atoms with van der Waals surface area (Å²) < 4.78 is 42.5. The summed E-state index contributed by atoms with van der Waals surface area (Å²) in [5.41, 5.74) is 0.499. The van der Waals surface area contributed by atoms with E-state index in [1.165, 1.54) is 24.3 Å². The highest BCUT2D eigenvalue weighted by Gasteiger charge is 2.32. The Morgan fingerprint density at radius 2 is 2.08 bits per heavy atom. The van der Waals surface area contributed by atoms with Gasteiger partial charge < -0.3 is 4.42 Å². The fraction of sp³-hybridized carbons (Fsp3) is 0.467. The zero-order valence-electron chi connectivity index (χ0n) is 13.2. The van der Waals surface area contributed by atoms with Gasteiger partial charge in [0.2, 0.25) is 5.89 Å². The van der Waals surface area contributed by atoms with Crippen molar-refractivity contribution in [3.05, 3.63) is 40.6 Å². The second kappa shape index (κ2) is 6.48. The number of halogens is 1. The molecule has 0 unspecified atom stereocenters. The first-order chi connectivity index (χ1) is 11.4. The first kappa shape index (κ1) is 16.8. The quantitative estimate of drug-likeness (QED) is 0.799. The molecule has 0 amide bonds. The van der Waals surface area contributed by atoms with Gasteiger partial charge in [-0.05, 0) is 37.2 Å². The summed E-state index contributed by atoms with van der Waals surface area (Å²) in [6, 6.07) is 5.35. The maximum Gasteiger partial charge on any atom is 0.438 e. The van der Waals surface area contributed by atoms with Gasteiger partial charge in [-0.25, -0.2) is 17.6 Å². The summed E-state index contributed by atoms with van der Waals surface area (Å²) in [4.78, 5) is 13.9. The van der Waals surface area contributed by atoms with Crippen molar-refractivity contribution in [1.82, 2.24) is 14.7 Å². The summed E-state index contributed by atoms with van der Waals surface area (Å²) >= 11 is 0. The van der Waals surface area contributed by atoms with Crippen LogP contribution in [0.15, 0.2) is 33.5 Å². The molecule has 3 rings (SSSR count). The van der Waals surface area contributed by atoms with E-state index in [1.54, 1.807) is 0 Å². The first-order valence-corrected chi connectivity index (χ1v) is 9.48. The van der Waals surface area contributed by atoms with E-state index in [2.05, 4.69) is 5.10 Å². The van der Waals surface area contributed by atoms with Crippen LogP contribution < -0.4 is 5.76 Å². The number of rotatable bonds is 5. The van der Waals surface area contributed by atoms with E-state index < -0.39 is 15.6 Å². The third-order valence-electron chi connectivity index (χ3n) is 4.14. The Morgan fingerprint density at radius 1 is 1.38 bits per heavy atom. The summed E-state index contributed by atoms with van der Waals surface area (Å²) in [6.07, 6.45) is 0.549. The molecule has 0 saturated carbocycles. The van der Waals surface area contributed by atoms with E-state index in [9.17, 15) is 17.6 Å². The maximum absolute atomic E-state index is 13.0. The third kappa shape index (κ3) is 3.57. The third-order valence-corrected chi connectivity index (χ3v) is 5.89. The summed E-state index contributed by atoms with van der Waals surface area (Å²) in [5.74, 6) is -0.648. The molecule has 0 bridgehead atoms. The van der Waals surface area contributed by atoms with Crippen LogP contribution >= 0.6 is 0 Å². The van der Waals surface area contributed by atoms with E-state index in [4.69, 9.17) is 4.42 Å². The van der Waals surface area contributed by atoms with Crippen molar-refractivity contribution in [2.45, 2.75) is 26.1 Å². The lowest BCUT2D eigenvalue weighted by Gasteiger charge is -2.25. The Hall–Kier alpha value is -2.00. The minimum Gasteiger partial charge on any atom is -0.388 e. The van der Waals surface area contributed by atoms with E-state index in [-0.39, 0.29) is 35.9 Å². The van der Waals surface area contributed by atoms with Gasteiger partial charge in [-0.15, -0.1) is 5.10 Å². The smallest absolute Gasteiger partial charge is 0.388 e. The normalized spacial score (nSPS) is 19.9. The predicted molar refractivity (Wildman–Crippen MR) is 85.6 cm³/mol. The number of hydrogen-bond donors (Lipinski definition) is 0. The van der Waals surface area contributed by atoms with Crippen LogP contribution in [0.1, 0.15) is 13.3 Å². The van der Waals surface area contributed by atoms with Gasteiger partial charge in [0.15, 0.2) is 9.84 Å². The lowest BCUT2D eigenvalue weighted by molar-refractivity contribution is 0.160. The highest BCUT2D eigenvalue weighted by atomic mass is 32.2. The van der Waals surface area contributed by atoms with Crippen molar-refractivity contribution in [1.29, 1.82) is 0 Å². The molecule has 24 heavy (non-hydrogen) atoms. The molecular formula is C15H18FN3O4S. The first-order valence-electron chi connectivity index (χ1n) is 7.66. The fourth-order valence-electron chi connectivity index (χ4n) is 2.81. The van der Waals surface area contributed by atoms with Gasteiger partial charge in [0, 0.05) is 11.6 Å². The zero-order valence-corrected chi connectivity index (χ0v) is 14.0. The van der Waals surface area contributed by atoms with Gasteiger partial charge in [-0.1, -0.05) is 6.92 Å². The largest absolute Gasteiger partial charge is 0.438 e. The minimum atomic E-state index is -3.00. The van der Waals surface area contributed by atoms with Crippen molar-refractivity contribution in [3.63, 3.8) is 0 Å². The van der Waals surface area contributed by atoms with Gasteiger partial charge in [0.1, 0.15) is 12.5 Å². The number of benzene rings is 1. The predicted octanol–water partition coefficient (Wildman–Crippen LogP) is 1.11. The van der Waals surface area contributed by atoms with Crippen LogP contribution in [0.4, 0.5) is 4.39 Å². The van der Waals surface area contributed by atoms with Crippen LogP contribution in [0.5, 0.6) is 0 Å². The molecule has 7 nitrogen and oxygen atoms in total. The maximum atomic E-state index is 13.0. The molecule has 1 aliphatic rings. The second-order valence-electron chi connectivity index (χ2n) is 5.78. The van der Waals surface area contributed by atoms with E-state index in [0.29, 0.717) is 18.5 Å². The topological polar surface area (TPSA) is 85.4 Å². The number of sulfone groups is 1. The molecule has 9 heteroatoms. The summed E-state index contributed by atoms with van der Waals surface area (Å²) in [7, 11) is -3.00. The highest BCUT2D eigenvalue weighted by Crippen LogP contribution is 2.19. The second-order valence-corrected chi connectivity index (χ2v) is 8.01. The highest BCUT2D eigenvalue weighted by molar-refractivity contribution is 7.91. The van der Waals surface area contributed by atoms with Crippen LogP contribution in [-0.2, 0) is 16.5 Å². The van der Waals surface area contributed by atoms with Crippen LogP contribution in [-0.4, -0.2) is 47.2 Å². The molecular weight excluding hydrogens is 337 g/mol. The van der Waals surface area contributed by atoms with Crippen molar-refractivity contribution >= 4 is 9.84 Å².